The Morgan fingerprint density at radius 3 is 2.52 bits per heavy atom. The largest absolute Gasteiger partial charge is 0.356 e. The summed E-state index contributed by atoms with van der Waals surface area (Å²) in [6.07, 6.45) is 5.11. The Hall–Kier alpha value is -1.34. The lowest BCUT2D eigenvalue weighted by molar-refractivity contribution is 0.645. The summed E-state index contributed by atoms with van der Waals surface area (Å²) in [4.78, 5) is 8.64. The lowest BCUT2D eigenvalue weighted by Crippen LogP contribution is -2.42. The van der Waals surface area contributed by atoms with Crippen molar-refractivity contribution in [2.24, 2.45) is 4.99 Å². The molecule has 2 N–H and O–H groups in total. The molecule has 2 aromatic rings. The number of nitrogens with one attached hydrogen (secondary N) is 2. The number of hydrogen-bond acceptors (Lipinski definition) is 2. The van der Waals surface area contributed by atoms with E-state index in [1.165, 1.54) is 18.4 Å². The summed E-state index contributed by atoms with van der Waals surface area (Å²) in [6, 6.07) is 14.2. The lowest BCUT2D eigenvalue weighted by atomic mass is 9.96. The minimum Gasteiger partial charge on any atom is -0.356 e. The standard InChI is InChI=1S/C19H23ClN4.HI/c1-21-18(23-13-9-17-4-2-3-12-22-17)24-14-19(10-11-19)15-5-7-16(20)8-6-15;/h2-8,12H,9-11,13-14H2,1H3,(H2,21,23,24);1H. The van der Waals surface area contributed by atoms with Gasteiger partial charge < -0.3 is 10.6 Å². The molecule has 6 heteroatoms. The third kappa shape index (κ3) is 5.57. The number of aromatic nitrogens is 1. The lowest BCUT2D eigenvalue weighted by Gasteiger charge is -2.19. The highest BCUT2D eigenvalue weighted by atomic mass is 127. The van der Waals surface area contributed by atoms with Crippen LogP contribution in [-0.2, 0) is 11.8 Å². The molecule has 1 heterocycles. The molecule has 0 aliphatic heterocycles. The zero-order valence-electron chi connectivity index (χ0n) is 14.3. The van der Waals surface area contributed by atoms with E-state index in [0.29, 0.717) is 0 Å². The summed E-state index contributed by atoms with van der Waals surface area (Å²) in [5.41, 5.74) is 2.66. The first-order chi connectivity index (χ1) is 11.7. The summed E-state index contributed by atoms with van der Waals surface area (Å²) >= 11 is 5.99. The minimum atomic E-state index is 0. The van der Waals surface area contributed by atoms with Gasteiger partial charge in [-0.3, -0.25) is 9.98 Å². The second-order valence-electron chi connectivity index (χ2n) is 6.21. The maximum atomic E-state index is 5.99. The number of benzene rings is 1. The van der Waals surface area contributed by atoms with Gasteiger partial charge in [0.25, 0.3) is 0 Å². The van der Waals surface area contributed by atoms with Crippen LogP contribution in [0, 0.1) is 0 Å². The number of guanidine groups is 1. The second-order valence-corrected chi connectivity index (χ2v) is 6.65. The van der Waals surface area contributed by atoms with Crippen LogP contribution in [0.1, 0.15) is 24.1 Å². The molecule has 134 valence electrons. The highest BCUT2D eigenvalue weighted by molar-refractivity contribution is 14.0. The fourth-order valence-electron chi connectivity index (χ4n) is 2.85. The van der Waals surface area contributed by atoms with E-state index in [9.17, 15) is 0 Å². The van der Waals surface area contributed by atoms with Crippen molar-refractivity contribution in [2.45, 2.75) is 24.7 Å². The maximum Gasteiger partial charge on any atom is 0.191 e. The molecule has 1 aromatic carbocycles. The molecule has 0 bridgehead atoms. The molecule has 0 spiro atoms. The van der Waals surface area contributed by atoms with Crippen molar-refractivity contribution < 1.29 is 0 Å². The SMILES string of the molecule is CN=C(NCCc1ccccn1)NCC1(c2ccc(Cl)cc2)CC1.I. The normalized spacial score (nSPS) is 15.2. The molecular weight excluding hydrogens is 447 g/mol. The maximum absolute atomic E-state index is 5.99. The molecule has 1 fully saturated rings. The fraction of sp³-hybridized carbons (Fsp3) is 0.368. The van der Waals surface area contributed by atoms with E-state index in [-0.39, 0.29) is 29.4 Å². The van der Waals surface area contributed by atoms with Gasteiger partial charge in [0.05, 0.1) is 0 Å². The van der Waals surface area contributed by atoms with E-state index in [0.717, 1.165) is 36.2 Å². The van der Waals surface area contributed by atoms with Crippen LogP contribution in [0.15, 0.2) is 53.7 Å². The Bertz CT molecular complexity index is 684. The van der Waals surface area contributed by atoms with Crippen molar-refractivity contribution in [1.29, 1.82) is 0 Å². The van der Waals surface area contributed by atoms with E-state index in [4.69, 9.17) is 11.6 Å². The topological polar surface area (TPSA) is 49.3 Å². The highest BCUT2D eigenvalue weighted by Crippen LogP contribution is 2.47. The van der Waals surface area contributed by atoms with E-state index in [1.807, 2.05) is 36.5 Å². The molecule has 0 unspecified atom stereocenters. The summed E-state index contributed by atoms with van der Waals surface area (Å²) in [7, 11) is 1.80. The van der Waals surface area contributed by atoms with Gasteiger partial charge in [-0.25, -0.2) is 0 Å². The van der Waals surface area contributed by atoms with Crippen LogP contribution in [0.5, 0.6) is 0 Å². The van der Waals surface area contributed by atoms with Crippen LogP contribution < -0.4 is 10.6 Å². The fourth-order valence-corrected chi connectivity index (χ4v) is 2.98. The van der Waals surface area contributed by atoms with Gasteiger partial charge in [0, 0.05) is 48.9 Å². The molecule has 1 saturated carbocycles. The van der Waals surface area contributed by atoms with Crippen LogP contribution >= 0.6 is 35.6 Å². The van der Waals surface area contributed by atoms with Gasteiger partial charge in [-0.05, 0) is 42.7 Å². The monoisotopic (exact) mass is 470 g/mol. The van der Waals surface area contributed by atoms with Crippen molar-refractivity contribution in [2.75, 3.05) is 20.1 Å². The van der Waals surface area contributed by atoms with Gasteiger partial charge in [-0.1, -0.05) is 29.8 Å². The van der Waals surface area contributed by atoms with Gasteiger partial charge in [0.1, 0.15) is 0 Å². The van der Waals surface area contributed by atoms with Crippen molar-refractivity contribution in [1.82, 2.24) is 15.6 Å². The van der Waals surface area contributed by atoms with Crippen LogP contribution in [0.4, 0.5) is 0 Å². The Morgan fingerprint density at radius 2 is 1.92 bits per heavy atom. The van der Waals surface area contributed by atoms with Crippen molar-refractivity contribution in [3.63, 3.8) is 0 Å². The molecule has 25 heavy (non-hydrogen) atoms. The van der Waals surface area contributed by atoms with Crippen LogP contribution in [0.25, 0.3) is 0 Å². The van der Waals surface area contributed by atoms with Gasteiger partial charge in [-0.2, -0.15) is 0 Å². The highest BCUT2D eigenvalue weighted by Gasteiger charge is 2.44. The average molecular weight is 471 g/mol. The number of pyridine rings is 1. The van der Waals surface area contributed by atoms with E-state index >= 15 is 0 Å². The van der Waals surface area contributed by atoms with Crippen LogP contribution in [0.3, 0.4) is 0 Å². The van der Waals surface area contributed by atoms with Gasteiger partial charge >= 0.3 is 0 Å². The Kier molecular flexibility index (Phi) is 7.50. The van der Waals surface area contributed by atoms with Crippen LogP contribution in [0.2, 0.25) is 5.02 Å². The Labute approximate surface area is 171 Å². The average Bonchev–Trinajstić information content (AvgIpc) is 3.40. The van der Waals surface area contributed by atoms with Gasteiger partial charge in [-0.15, -0.1) is 24.0 Å². The summed E-state index contributed by atoms with van der Waals surface area (Å²) in [5, 5.41) is 7.60. The Morgan fingerprint density at radius 1 is 1.16 bits per heavy atom. The minimum absolute atomic E-state index is 0. The molecule has 0 atom stereocenters. The first kappa shape index (κ1) is 20.0. The first-order valence-corrected chi connectivity index (χ1v) is 8.70. The van der Waals surface area contributed by atoms with E-state index < -0.39 is 0 Å². The smallest absolute Gasteiger partial charge is 0.191 e. The molecular formula is C19H24ClIN4. The molecule has 0 radical (unpaired) electrons. The quantitative estimate of drug-likeness (QED) is 0.384. The zero-order valence-corrected chi connectivity index (χ0v) is 17.4. The first-order valence-electron chi connectivity index (χ1n) is 8.32. The van der Waals surface area contributed by atoms with Crippen molar-refractivity contribution in [3.05, 3.63) is 64.9 Å². The second kappa shape index (κ2) is 9.38. The third-order valence-corrected chi connectivity index (χ3v) is 4.78. The molecule has 1 aliphatic rings. The summed E-state index contributed by atoms with van der Waals surface area (Å²) < 4.78 is 0. The van der Waals surface area contributed by atoms with E-state index in [1.54, 1.807) is 7.05 Å². The Balaban J connectivity index is 0.00000225. The third-order valence-electron chi connectivity index (χ3n) is 4.53. The van der Waals surface area contributed by atoms with Crippen LogP contribution in [-0.4, -0.2) is 31.1 Å². The van der Waals surface area contributed by atoms with Crippen molar-refractivity contribution in [3.8, 4) is 0 Å². The number of nitrogens with zero attached hydrogens (tertiary/aromatic N) is 2. The predicted molar refractivity (Wildman–Crippen MR) is 115 cm³/mol. The summed E-state index contributed by atoms with van der Waals surface area (Å²) in [5.74, 6) is 0.839. The van der Waals surface area contributed by atoms with Crippen molar-refractivity contribution >= 4 is 41.5 Å². The van der Waals surface area contributed by atoms with E-state index in [2.05, 4.69) is 32.7 Å². The number of hydrogen-bond donors (Lipinski definition) is 2. The number of halogens is 2. The number of aliphatic imine (C=N–C) groups is 1. The van der Waals surface area contributed by atoms with Gasteiger partial charge in [0.15, 0.2) is 5.96 Å². The molecule has 3 rings (SSSR count). The molecule has 0 amide bonds. The molecule has 1 aromatic heterocycles. The predicted octanol–water partition coefficient (Wildman–Crippen LogP) is 3.79. The molecule has 0 saturated heterocycles. The molecule has 1 aliphatic carbocycles. The molecule has 4 nitrogen and oxygen atoms in total. The summed E-state index contributed by atoms with van der Waals surface area (Å²) in [6.45, 7) is 1.70. The number of rotatable bonds is 6. The zero-order chi connectivity index (χ0) is 16.8. The van der Waals surface area contributed by atoms with Gasteiger partial charge in [0.2, 0.25) is 0 Å².